The molecule has 26 heavy (non-hydrogen) atoms. The molecule has 1 aromatic rings. The van der Waals surface area contributed by atoms with Gasteiger partial charge in [-0.1, -0.05) is 17.9 Å². The van der Waals surface area contributed by atoms with Crippen molar-refractivity contribution in [3.63, 3.8) is 0 Å². The van der Waals surface area contributed by atoms with Gasteiger partial charge in [0.05, 0.1) is 6.04 Å². The van der Waals surface area contributed by atoms with Gasteiger partial charge in [-0.05, 0) is 44.0 Å². The maximum atomic E-state index is 11.6. The maximum absolute atomic E-state index is 11.6. The molecule has 1 saturated heterocycles. The predicted molar refractivity (Wildman–Crippen MR) is 104 cm³/mol. The van der Waals surface area contributed by atoms with Crippen LogP contribution in [0.4, 0.5) is 0 Å². The number of nitrogens with two attached hydrogens (primary N) is 1. The van der Waals surface area contributed by atoms with Gasteiger partial charge in [0, 0.05) is 31.5 Å². The van der Waals surface area contributed by atoms with E-state index in [4.69, 9.17) is 16.9 Å². The molecule has 5 nitrogen and oxygen atoms in total. The molecule has 0 radical (unpaired) electrons. The molecule has 5 heteroatoms. The number of hydrogen-bond acceptors (Lipinski definition) is 4. The summed E-state index contributed by atoms with van der Waals surface area (Å²) in [6.07, 6.45) is 9.32. The number of rotatable bonds is 7. The van der Waals surface area contributed by atoms with Gasteiger partial charge in [-0.2, -0.15) is 0 Å². The molecule has 1 heterocycles. The highest BCUT2D eigenvalue weighted by Crippen LogP contribution is 2.17. The minimum Gasteiger partial charge on any atom is -0.489 e. The molecule has 138 valence electrons. The van der Waals surface area contributed by atoms with Gasteiger partial charge < -0.3 is 21.1 Å². The Morgan fingerprint density at radius 2 is 2.38 bits per heavy atom. The van der Waals surface area contributed by atoms with Gasteiger partial charge in [0.25, 0.3) is 0 Å². The molecular formula is C21H27N3O2. The molecule has 0 saturated carbocycles. The van der Waals surface area contributed by atoms with E-state index in [2.05, 4.69) is 28.4 Å². The normalized spacial score (nSPS) is 17.3. The molecule has 0 aromatic heterocycles. The van der Waals surface area contributed by atoms with E-state index in [1.165, 1.54) is 0 Å². The lowest BCUT2D eigenvalue weighted by molar-refractivity contribution is -0.122. The third-order valence-electron chi connectivity index (χ3n) is 4.07. The van der Waals surface area contributed by atoms with Crippen molar-refractivity contribution in [1.29, 1.82) is 0 Å². The largest absolute Gasteiger partial charge is 0.489 e. The average molecular weight is 353 g/mol. The number of unbranched alkanes of at least 4 members (excludes halogenated alkanes) is 1. The highest BCUT2D eigenvalue weighted by Gasteiger charge is 2.14. The number of amides is 1. The highest BCUT2D eigenvalue weighted by atomic mass is 16.5. The zero-order valence-corrected chi connectivity index (χ0v) is 15.1. The van der Waals surface area contributed by atoms with Crippen molar-refractivity contribution in [2.75, 3.05) is 19.6 Å². The summed E-state index contributed by atoms with van der Waals surface area (Å²) >= 11 is 0. The third-order valence-corrected chi connectivity index (χ3v) is 4.07. The van der Waals surface area contributed by atoms with Crippen LogP contribution in [0, 0.1) is 24.2 Å². The Balaban J connectivity index is 1.71. The Morgan fingerprint density at radius 3 is 3.15 bits per heavy atom. The molecule has 1 fully saturated rings. The second kappa shape index (κ2) is 11.2. The topological polar surface area (TPSA) is 76.4 Å². The molecule has 0 bridgehead atoms. The van der Waals surface area contributed by atoms with Crippen LogP contribution >= 0.6 is 0 Å². The van der Waals surface area contributed by atoms with Crippen molar-refractivity contribution in [2.45, 2.75) is 44.2 Å². The Kier molecular flexibility index (Phi) is 8.55. The van der Waals surface area contributed by atoms with Crippen LogP contribution in [0.1, 0.15) is 37.7 Å². The summed E-state index contributed by atoms with van der Waals surface area (Å²) in [5, 5.41) is 6.11. The number of ether oxygens (including phenoxy) is 1. The smallest absolute Gasteiger partial charge is 0.237 e. The Labute approximate surface area is 156 Å². The van der Waals surface area contributed by atoms with Crippen LogP contribution in [0.5, 0.6) is 5.75 Å². The van der Waals surface area contributed by atoms with Crippen LogP contribution in [-0.2, 0) is 4.79 Å². The number of nitrogens with one attached hydrogen (secondary N) is 2. The van der Waals surface area contributed by atoms with Gasteiger partial charge in [-0.3, -0.25) is 4.79 Å². The first-order valence-corrected chi connectivity index (χ1v) is 9.12. The number of benzene rings is 1. The summed E-state index contributed by atoms with van der Waals surface area (Å²) in [6.45, 7) is 2.51. The summed E-state index contributed by atoms with van der Waals surface area (Å²) in [5.41, 5.74) is 6.56. The number of terminal acetylenes is 1. The molecule has 4 N–H and O–H groups in total. The predicted octanol–water partition coefficient (Wildman–Crippen LogP) is 1.42. The fourth-order valence-corrected chi connectivity index (χ4v) is 2.66. The Bertz CT molecular complexity index is 678. The lowest BCUT2D eigenvalue weighted by atomic mass is 10.1. The number of hydrogen-bond donors (Lipinski definition) is 3. The molecule has 1 amide bonds. The Morgan fingerprint density at radius 1 is 1.50 bits per heavy atom. The number of carbonyl (C=O) groups excluding carboxylic acids is 1. The van der Waals surface area contributed by atoms with Crippen LogP contribution in [0.15, 0.2) is 24.3 Å². The molecular weight excluding hydrogens is 326 g/mol. The van der Waals surface area contributed by atoms with E-state index in [9.17, 15) is 4.79 Å². The summed E-state index contributed by atoms with van der Waals surface area (Å²) < 4.78 is 6.01. The summed E-state index contributed by atoms with van der Waals surface area (Å²) in [4.78, 5) is 11.6. The first-order valence-electron chi connectivity index (χ1n) is 9.12. The van der Waals surface area contributed by atoms with Gasteiger partial charge >= 0.3 is 0 Å². The zero-order valence-electron chi connectivity index (χ0n) is 15.1. The fourth-order valence-electron chi connectivity index (χ4n) is 2.66. The van der Waals surface area contributed by atoms with Crippen LogP contribution in [0.3, 0.4) is 0 Å². The number of piperidine rings is 1. The molecule has 2 rings (SSSR count). The van der Waals surface area contributed by atoms with E-state index < -0.39 is 6.04 Å². The van der Waals surface area contributed by atoms with Crippen molar-refractivity contribution in [3.8, 4) is 29.9 Å². The third kappa shape index (κ3) is 7.19. The molecule has 0 spiro atoms. The van der Waals surface area contributed by atoms with Gasteiger partial charge in [0.15, 0.2) is 0 Å². The quantitative estimate of drug-likeness (QED) is 0.512. The van der Waals surface area contributed by atoms with E-state index >= 15 is 0 Å². The second-order valence-electron chi connectivity index (χ2n) is 6.33. The van der Waals surface area contributed by atoms with E-state index in [0.29, 0.717) is 13.0 Å². The van der Waals surface area contributed by atoms with E-state index in [1.54, 1.807) is 0 Å². The monoisotopic (exact) mass is 353 g/mol. The van der Waals surface area contributed by atoms with Crippen LogP contribution in [-0.4, -0.2) is 37.7 Å². The lowest BCUT2D eigenvalue weighted by Crippen LogP contribution is -2.40. The molecule has 1 aliphatic heterocycles. The van der Waals surface area contributed by atoms with Crippen LogP contribution in [0.25, 0.3) is 0 Å². The van der Waals surface area contributed by atoms with Gasteiger partial charge in [-0.25, -0.2) is 0 Å². The zero-order chi connectivity index (χ0) is 18.6. The minimum atomic E-state index is -0.631. The number of carbonyl (C=O) groups is 1. The standard InChI is InChI=1S/C21H27N3O2/c1-2-8-20(22)21(25)24-14-5-3-4-9-17-10-6-11-18(15-17)26-19-12-7-13-23-16-19/h1,6,10-11,15,19-20,23H,3,5,7-8,12-14,16,22H2,(H,24,25)/t19-,20+/m0/s1. The van der Waals surface area contributed by atoms with Crippen molar-refractivity contribution >= 4 is 5.91 Å². The van der Waals surface area contributed by atoms with E-state index in [1.807, 2.05) is 24.3 Å². The van der Waals surface area contributed by atoms with Crippen LogP contribution in [0.2, 0.25) is 0 Å². The molecule has 0 unspecified atom stereocenters. The SMILES string of the molecule is C#CC[C@@H](N)C(=O)NCCCC#Cc1cccc(O[C@H]2CCCNC2)c1. The Hall–Kier alpha value is -2.47. The van der Waals surface area contributed by atoms with Gasteiger partial charge in [-0.15, -0.1) is 12.3 Å². The van der Waals surface area contributed by atoms with Crippen molar-refractivity contribution in [1.82, 2.24) is 10.6 Å². The molecule has 1 aliphatic rings. The van der Waals surface area contributed by atoms with Gasteiger partial charge in [0.2, 0.25) is 5.91 Å². The minimum absolute atomic E-state index is 0.210. The average Bonchev–Trinajstić information content (AvgIpc) is 2.65. The molecule has 1 aromatic carbocycles. The van der Waals surface area contributed by atoms with Crippen LogP contribution < -0.4 is 21.1 Å². The summed E-state index contributed by atoms with van der Waals surface area (Å²) in [5.74, 6) is 9.31. The van der Waals surface area contributed by atoms with Crippen molar-refractivity contribution < 1.29 is 9.53 Å². The van der Waals surface area contributed by atoms with Gasteiger partial charge in [0.1, 0.15) is 11.9 Å². The van der Waals surface area contributed by atoms with E-state index in [0.717, 1.165) is 43.7 Å². The van der Waals surface area contributed by atoms with E-state index in [-0.39, 0.29) is 18.4 Å². The fraction of sp³-hybridized carbons (Fsp3) is 0.476. The molecule has 2 atom stereocenters. The lowest BCUT2D eigenvalue weighted by Gasteiger charge is -2.23. The first-order chi connectivity index (χ1) is 12.7. The molecule has 0 aliphatic carbocycles. The van der Waals surface area contributed by atoms with Crippen molar-refractivity contribution in [3.05, 3.63) is 29.8 Å². The second-order valence-corrected chi connectivity index (χ2v) is 6.33. The first kappa shape index (κ1) is 19.8. The summed E-state index contributed by atoms with van der Waals surface area (Å²) in [7, 11) is 0. The van der Waals surface area contributed by atoms with Crippen molar-refractivity contribution in [2.24, 2.45) is 5.73 Å². The summed E-state index contributed by atoms with van der Waals surface area (Å²) in [6, 6.07) is 7.24. The highest BCUT2D eigenvalue weighted by molar-refractivity contribution is 5.81. The maximum Gasteiger partial charge on any atom is 0.237 e.